The molecule has 0 aliphatic rings. The maximum atomic E-state index is 11.0. The van der Waals surface area contributed by atoms with Gasteiger partial charge in [0.15, 0.2) is 10.0 Å². The summed E-state index contributed by atoms with van der Waals surface area (Å²) in [7, 11) is 0. The Balaban J connectivity index is 1.64. The van der Waals surface area contributed by atoms with E-state index in [1.165, 1.54) is 46.9 Å². The first kappa shape index (κ1) is 17.9. The molecule has 4 rings (SSSR count). The fourth-order valence-corrected chi connectivity index (χ4v) is 4.35. The van der Waals surface area contributed by atoms with Crippen LogP contribution in [-0.2, 0) is 0 Å². The molecule has 2 heterocycles. The topological polar surface area (TPSA) is 112 Å². The third kappa shape index (κ3) is 3.50. The molecule has 8 nitrogen and oxygen atoms in total. The van der Waals surface area contributed by atoms with Crippen molar-refractivity contribution in [1.82, 2.24) is 9.97 Å². The van der Waals surface area contributed by atoms with Crippen molar-refractivity contribution in [3.05, 3.63) is 80.3 Å². The van der Waals surface area contributed by atoms with Crippen LogP contribution in [0.2, 0.25) is 0 Å². The second-order valence-electron chi connectivity index (χ2n) is 5.68. The van der Waals surface area contributed by atoms with E-state index in [-0.39, 0.29) is 11.4 Å². The van der Waals surface area contributed by atoms with Gasteiger partial charge in [0.25, 0.3) is 11.4 Å². The van der Waals surface area contributed by atoms with Gasteiger partial charge in [-0.15, -0.1) is 22.7 Å². The van der Waals surface area contributed by atoms with Crippen LogP contribution >= 0.6 is 22.7 Å². The third-order valence-electron chi connectivity index (χ3n) is 3.89. The average molecular weight is 410 g/mol. The lowest BCUT2D eigenvalue weighted by atomic mass is 10.1. The highest BCUT2D eigenvalue weighted by Crippen LogP contribution is 2.36. The summed E-state index contributed by atoms with van der Waals surface area (Å²) in [4.78, 5) is 30.8. The molecule has 0 atom stereocenters. The Hall–Kier alpha value is -3.50. The predicted octanol–water partition coefficient (Wildman–Crippen LogP) is 5.42. The molecular weight excluding hydrogens is 400 g/mol. The fraction of sp³-hybridized carbons (Fsp3) is 0. The summed E-state index contributed by atoms with van der Waals surface area (Å²) in [6.45, 7) is 0. The smallest absolute Gasteiger partial charge is 0.258 e. The van der Waals surface area contributed by atoms with Gasteiger partial charge in [0.05, 0.1) is 20.4 Å². The Labute approximate surface area is 166 Å². The van der Waals surface area contributed by atoms with Gasteiger partial charge in [-0.2, -0.15) is 0 Å². The summed E-state index contributed by atoms with van der Waals surface area (Å²) in [6.07, 6.45) is 1.66. The number of nitrogens with zero attached hydrogens (tertiary/aromatic N) is 4. The van der Waals surface area contributed by atoms with Crippen LogP contribution in [0, 0.1) is 20.2 Å². The molecule has 2 aromatic carbocycles. The summed E-state index contributed by atoms with van der Waals surface area (Å²) < 4.78 is 0. The molecule has 0 fully saturated rings. The Morgan fingerprint density at radius 1 is 0.857 bits per heavy atom. The van der Waals surface area contributed by atoms with Crippen LogP contribution in [-0.4, -0.2) is 19.8 Å². The first-order valence-electron chi connectivity index (χ1n) is 7.92. The van der Waals surface area contributed by atoms with Crippen LogP contribution < -0.4 is 0 Å². The zero-order valence-corrected chi connectivity index (χ0v) is 15.6. The summed E-state index contributed by atoms with van der Waals surface area (Å²) >= 11 is 2.77. The van der Waals surface area contributed by atoms with Crippen molar-refractivity contribution in [2.45, 2.75) is 0 Å². The van der Waals surface area contributed by atoms with Gasteiger partial charge in [-0.3, -0.25) is 20.2 Å². The van der Waals surface area contributed by atoms with E-state index >= 15 is 0 Å². The van der Waals surface area contributed by atoms with Crippen LogP contribution in [0.3, 0.4) is 0 Å². The number of aromatic nitrogens is 2. The lowest BCUT2D eigenvalue weighted by Gasteiger charge is -1.97. The van der Waals surface area contributed by atoms with Crippen LogP contribution in [0.25, 0.3) is 31.7 Å². The number of nitro groups is 2. The van der Waals surface area contributed by atoms with Crippen molar-refractivity contribution in [2.24, 2.45) is 0 Å². The van der Waals surface area contributed by atoms with Gasteiger partial charge < -0.3 is 0 Å². The van der Waals surface area contributed by atoms with Crippen LogP contribution in [0.4, 0.5) is 11.4 Å². The second kappa shape index (κ2) is 7.25. The molecule has 0 N–H and O–H groups in total. The van der Waals surface area contributed by atoms with E-state index in [1.807, 2.05) is 5.38 Å². The molecule has 138 valence electrons. The van der Waals surface area contributed by atoms with Crippen LogP contribution in [0.15, 0.2) is 60.1 Å². The highest BCUT2D eigenvalue weighted by Gasteiger charge is 2.15. The molecule has 2 aromatic heterocycles. The van der Waals surface area contributed by atoms with Gasteiger partial charge in [-0.25, -0.2) is 9.97 Å². The molecule has 0 aliphatic heterocycles. The highest BCUT2D eigenvalue weighted by molar-refractivity contribution is 7.22. The molecular formula is C18H10N4O4S2. The molecule has 28 heavy (non-hydrogen) atoms. The number of nitro benzene ring substituents is 2. The van der Waals surface area contributed by atoms with E-state index in [0.717, 1.165) is 4.88 Å². The summed E-state index contributed by atoms with van der Waals surface area (Å²) in [5, 5.41) is 25.1. The molecule has 0 bridgehead atoms. The van der Waals surface area contributed by atoms with Crippen LogP contribution in [0.5, 0.6) is 0 Å². The maximum Gasteiger partial charge on any atom is 0.270 e. The van der Waals surface area contributed by atoms with E-state index in [1.54, 1.807) is 30.5 Å². The number of hydrogen-bond acceptors (Lipinski definition) is 8. The van der Waals surface area contributed by atoms with Crippen molar-refractivity contribution >= 4 is 34.0 Å². The number of benzene rings is 2. The zero-order chi connectivity index (χ0) is 19.7. The van der Waals surface area contributed by atoms with E-state index in [0.29, 0.717) is 26.8 Å². The summed E-state index contributed by atoms with van der Waals surface area (Å²) in [6, 6.07) is 12.7. The first-order valence-corrected chi connectivity index (χ1v) is 9.62. The zero-order valence-electron chi connectivity index (χ0n) is 14.0. The van der Waals surface area contributed by atoms with Gasteiger partial charge >= 0.3 is 0 Å². The van der Waals surface area contributed by atoms with Gasteiger partial charge in [-0.05, 0) is 0 Å². The van der Waals surface area contributed by atoms with Crippen LogP contribution in [0.1, 0.15) is 0 Å². The van der Waals surface area contributed by atoms with Gasteiger partial charge in [0.1, 0.15) is 0 Å². The van der Waals surface area contributed by atoms with Crippen molar-refractivity contribution < 1.29 is 9.85 Å². The maximum absolute atomic E-state index is 11.0. The standard InChI is InChI=1S/C18H10N4O4S2/c23-21(24)13-5-1-3-11(7-13)15-10-27-18(20-15)17-19-9-16(28-17)12-4-2-6-14(8-12)22(25)26/h1-10H. The van der Waals surface area contributed by atoms with Crippen molar-refractivity contribution in [3.63, 3.8) is 0 Å². The average Bonchev–Trinajstić information content (AvgIpc) is 3.38. The number of thiazole rings is 2. The molecule has 0 saturated heterocycles. The molecule has 0 radical (unpaired) electrons. The largest absolute Gasteiger partial charge is 0.270 e. The van der Waals surface area contributed by atoms with Crippen molar-refractivity contribution in [3.8, 4) is 31.7 Å². The molecule has 0 aliphatic carbocycles. The van der Waals surface area contributed by atoms with Crippen molar-refractivity contribution in [1.29, 1.82) is 0 Å². The van der Waals surface area contributed by atoms with E-state index < -0.39 is 9.85 Å². The molecule has 4 aromatic rings. The minimum absolute atomic E-state index is 0.00857. The molecule has 0 spiro atoms. The Bertz CT molecular complexity index is 1110. The SMILES string of the molecule is O=[N+]([O-])c1cccc(-c2csc(-c3ncc(-c4cccc([N+](=O)[O-])c4)s3)n2)c1. The van der Waals surface area contributed by atoms with E-state index in [4.69, 9.17) is 0 Å². The first-order chi connectivity index (χ1) is 13.5. The highest BCUT2D eigenvalue weighted by atomic mass is 32.1. The fourth-order valence-electron chi connectivity index (χ4n) is 2.56. The van der Waals surface area contributed by atoms with Gasteiger partial charge in [0, 0.05) is 47.0 Å². The molecule has 0 unspecified atom stereocenters. The Morgan fingerprint density at radius 3 is 2.18 bits per heavy atom. The minimum Gasteiger partial charge on any atom is -0.258 e. The molecule has 0 saturated carbocycles. The second-order valence-corrected chi connectivity index (χ2v) is 7.57. The quantitative estimate of drug-likeness (QED) is 0.321. The summed E-state index contributed by atoms with van der Waals surface area (Å²) in [5.41, 5.74) is 2.04. The summed E-state index contributed by atoms with van der Waals surface area (Å²) in [5.74, 6) is 0. The molecule has 10 heteroatoms. The van der Waals surface area contributed by atoms with Crippen molar-refractivity contribution in [2.75, 3.05) is 0 Å². The van der Waals surface area contributed by atoms with Gasteiger partial charge in [0.2, 0.25) is 0 Å². The predicted molar refractivity (Wildman–Crippen MR) is 107 cm³/mol. The lowest BCUT2D eigenvalue weighted by Crippen LogP contribution is -1.88. The third-order valence-corrected chi connectivity index (χ3v) is 5.92. The monoisotopic (exact) mass is 410 g/mol. The number of hydrogen-bond donors (Lipinski definition) is 0. The number of rotatable bonds is 5. The molecule has 0 amide bonds. The van der Waals surface area contributed by atoms with E-state index in [9.17, 15) is 20.2 Å². The number of non-ortho nitro benzene ring substituents is 2. The normalized spacial score (nSPS) is 10.7. The Kier molecular flexibility index (Phi) is 4.63. The lowest BCUT2D eigenvalue weighted by molar-refractivity contribution is -0.385. The van der Waals surface area contributed by atoms with Gasteiger partial charge in [-0.1, -0.05) is 24.3 Å². The van der Waals surface area contributed by atoms with E-state index in [2.05, 4.69) is 9.97 Å². The Morgan fingerprint density at radius 2 is 1.50 bits per heavy atom. The minimum atomic E-state index is -0.442.